The quantitative estimate of drug-likeness (QED) is 0.419. The van der Waals surface area contributed by atoms with E-state index in [2.05, 4.69) is 15.3 Å². The van der Waals surface area contributed by atoms with Gasteiger partial charge >= 0.3 is 6.18 Å². The van der Waals surface area contributed by atoms with Gasteiger partial charge in [-0.25, -0.2) is 9.97 Å². The van der Waals surface area contributed by atoms with Gasteiger partial charge in [0.2, 0.25) is 13.3 Å². The van der Waals surface area contributed by atoms with E-state index in [1.54, 1.807) is 32.0 Å². The van der Waals surface area contributed by atoms with Gasteiger partial charge in [0.25, 0.3) is 0 Å². The Bertz CT molecular complexity index is 880. The summed E-state index contributed by atoms with van der Waals surface area (Å²) in [6.45, 7) is 3.94. The van der Waals surface area contributed by atoms with Crippen molar-refractivity contribution in [3.8, 4) is 5.75 Å². The third-order valence-electron chi connectivity index (χ3n) is 3.83. The molecule has 1 heterocycles. The van der Waals surface area contributed by atoms with E-state index >= 15 is 0 Å². The Labute approximate surface area is 165 Å². The molecular weight excluding hydrogens is 418 g/mol. The SMILES string of the molecule is CCOP(=O)(CC)Cc1ccc(Nc2ncc(C(F)(F)F)c(Cl)n2)c(OC)c1. The summed E-state index contributed by atoms with van der Waals surface area (Å²) < 4.78 is 61.6. The Morgan fingerprint density at radius 1 is 1.29 bits per heavy atom. The van der Waals surface area contributed by atoms with Gasteiger partial charge in [0.05, 0.1) is 19.4 Å². The zero-order valence-corrected chi connectivity index (χ0v) is 17.2. The molecule has 0 aliphatic carbocycles. The summed E-state index contributed by atoms with van der Waals surface area (Å²) in [6, 6.07) is 5.03. The first-order valence-corrected chi connectivity index (χ1v) is 10.8. The molecule has 1 aromatic heterocycles. The van der Waals surface area contributed by atoms with Crippen LogP contribution in [0.2, 0.25) is 5.15 Å². The monoisotopic (exact) mass is 437 g/mol. The maximum absolute atomic E-state index is 12.8. The van der Waals surface area contributed by atoms with Gasteiger partial charge in [-0.1, -0.05) is 24.6 Å². The van der Waals surface area contributed by atoms with Crippen LogP contribution in [-0.2, 0) is 21.4 Å². The van der Waals surface area contributed by atoms with Crippen LogP contribution in [0.5, 0.6) is 5.75 Å². The second-order valence-corrected chi connectivity index (χ2v) is 8.96. The molecule has 2 aromatic rings. The zero-order chi connectivity index (χ0) is 20.9. The summed E-state index contributed by atoms with van der Waals surface area (Å²) in [5.74, 6) is 0.272. The van der Waals surface area contributed by atoms with Crippen LogP contribution in [0.25, 0.3) is 0 Å². The van der Waals surface area contributed by atoms with Gasteiger partial charge in [0, 0.05) is 18.5 Å². The average molecular weight is 438 g/mol. The van der Waals surface area contributed by atoms with E-state index in [0.717, 1.165) is 5.56 Å². The highest BCUT2D eigenvalue weighted by Gasteiger charge is 2.34. The van der Waals surface area contributed by atoms with Crippen molar-refractivity contribution in [2.75, 3.05) is 25.2 Å². The molecule has 0 spiro atoms. The first-order chi connectivity index (χ1) is 13.1. The van der Waals surface area contributed by atoms with Crippen molar-refractivity contribution in [1.29, 1.82) is 0 Å². The highest BCUT2D eigenvalue weighted by Crippen LogP contribution is 2.50. The first kappa shape index (κ1) is 22.5. The number of halogens is 4. The second kappa shape index (κ2) is 9.11. The Morgan fingerprint density at radius 3 is 2.54 bits per heavy atom. The molecule has 0 aliphatic heterocycles. The highest BCUT2D eigenvalue weighted by molar-refractivity contribution is 7.58. The molecule has 11 heteroatoms. The maximum atomic E-state index is 12.8. The molecule has 0 saturated carbocycles. The van der Waals surface area contributed by atoms with Gasteiger partial charge in [-0.05, 0) is 24.6 Å². The Balaban J connectivity index is 2.25. The number of nitrogens with zero attached hydrogens (tertiary/aromatic N) is 2. The lowest BCUT2D eigenvalue weighted by molar-refractivity contribution is -0.137. The van der Waals surface area contributed by atoms with Gasteiger partial charge in [0.1, 0.15) is 16.5 Å². The lowest BCUT2D eigenvalue weighted by atomic mass is 10.2. The highest BCUT2D eigenvalue weighted by atomic mass is 35.5. The molecule has 0 amide bonds. The van der Waals surface area contributed by atoms with E-state index in [9.17, 15) is 17.7 Å². The molecule has 154 valence electrons. The van der Waals surface area contributed by atoms with E-state index in [-0.39, 0.29) is 12.1 Å². The van der Waals surface area contributed by atoms with Crippen LogP contribution in [0.15, 0.2) is 24.4 Å². The van der Waals surface area contributed by atoms with Crippen LogP contribution < -0.4 is 10.1 Å². The number of aromatic nitrogens is 2. The number of alkyl halides is 3. The van der Waals surface area contributed by atoms with Crippen LogP contribution >= 0.6 is 19.0 Å². The number of benzene rings is 1. The third-order valence-corrected chi connectivity index (χ3v) is 6.66. The largest absolute Gasteiger partial charge is 0.495 e. The van der Waals surface area contributed by atoms with Gasteiger partial charge in [-0.3, -0.25) is 4.57 Å². The molecule has 0 bridgehead atoms. The van der Waals surface area contributed by atoms with Crippen molar-refractivity contribution in [3.63, 3.8) is 0 Å². The average Bonchev–Trinajstić information content (AvgIpc) is 2.62. The lowest BCUT2D eigenvalue weighted by Gasteiger charge is -2.17. The minimum absolute atomic E-state index is 0.113. The van der Waals surface area contributed by atoms with Gasteiger partial charge in [-0.15, -0.1) is 0 Å². The predicted molar refractivity (Wildman–Crippen MR) is 102 cm³/mol. The molecule has 6 nitrogen and oxygen atoms in total. The number of methoxy groups -OCH3 is 1. The summed E-state index contributed by atoms with van der Waals surface area (Å²) in [5, 5.41) is 2.07. The van der Waals surface area contributed by atoms with Crippen molar-refractivity contribution < 1.29 is 27.0 Å². The van der Waals surface area contributed by atoms with Crippen LogP contribution in [0.1, 0.15) is 25.0 Å². The second-order valence-electron chi connectivity index (χ2n) is 5.76. The van der Waals surface area contributed by atoms with Gasteiger partial charge in [-0.2, -0.15) is 13.2 Å². The fourth-order valence-electron chi connectivity index (χ4n) is 2.43. The molecule has 0 fully saturated rings. The first-order valence-electron chi connectivity index (χ1n) is 8.38. The molecular formula is C17H20ClF3N3O3P. The van der Waals surface area contributed by atoms with Crippen LogP contribution in [0, 0.1) is 0 Å². The van der Waals surface area contributed by atoms with Crippen molar-refractivity contribution in [3.05, 3.63) is 40.7 Å². The normalized spacial score (nSPS) is 13.8. The molecule has 0 saturated heterocycles. The van der Waals surface area contributed by atoms with Crippen molar-refractivity contribution in [2.45, 2.75) is 26.2 Å². The number of nitrogens with one attached hydrogen (secondary N) is 1. The Morgan fingerprint density at radius 2 is 2.00 bits per heavy atom. The molecule has 0 aliphatic rings. The summed E-state index contributed by atoms with van der Waals surface area (Å²) >= 11 is 5.61. The van der Waals surface area contributed by atoms with E-state index in [0.29, 0.717) is 30.4 Å². The summed E-state index contributed by atoms with van der Waals surface area (Å²) in [7, 11) is -1.35. The van der Waals surface area contributed by atoms with Crippen LogP contribution in [0.3, 0.4) is 0 Å². The fraction of sp³-hybridized carbons (Fsp3) is 0.412. The number of hydrogen-bond acceptors (Lipinski definition) is 6. The van der Waals surface area contributed by atoms with Crippen molar-refractivity contribution in [1.82, 2.24) is 9.97 Å². The zero-order valence-electron chi connectivity index (χ0n) is 15.5. The Kier molecular flexibility index (Phi) is 7.31. The predicted octanol–water partition coefficient (Wildman–Crippen LogP) is 5.74. The number of hydrogen-bond donors (Lipinski definition) is 1. The molecule has 1 N–H and O–H groups in total. The van der Waals surface area contributed by atoms with Crippen molar-refractivity contribution >= 4 is 30.6 Å². The van der Waals surface area contributed by atoms with Crippen LogP contribution in [-0.4, -0.2) is 29.8 Å². The number of ether oxygens (including phenoxy) is 1. The molecule has 1 aromatic carbocycles. The summed E-state index contributed by atoms with van der Waals surface area (Å²) in [4.78, 5) is 7.28. The van der Waals surface area contributed by atoms with Crippen LogP contribution in [0.4, 0.5) is 24.8 Å². The standard InChI is InChI=1S/C17H20ClF3N3O3P/c1-4-27-28(25,5-2)10-11-6-7-13(14(8-11)26-3)23-16-22-9-12(15(18)24-16)17(19,20)21/h6-9H,4-5,10H2,1-3H3,(H,22,23,24). The van der Waals surface area contributed by atoms with E-state index in [1.165, 1.54) is 7.11 Å². The minimum atomic E-state index is -4.64. The number of rotatable bonds is 8. The van der Waals surface area contributed by atoms with Gasteiger partial charge in [0.15, 0.2) is 0 Å². The van der Waals surface area contributed by atoms with E-state index < -0.39 is 24.3 Å². The van der Waals surface area contributed by atoms with E-state index in [4.69, 9.17) is 20.9 Å². The topological polar surface area (TPSA) is 73.3 Å². The summed E-state index contributed by atoms with van der Waals surface area (Å²) in [6.07, 6.45) is -3.38. The Hall–Kier alpha value is -1.83. The van der Waals surface area contributed by atoms with E-state index in [1.807, 2.05) is 0 Å². The summed E-state index contributed by atoms with van der Waals surface area (Å²) in [5.41, 5.74) is 0.0468. The molecule has 28 heavy (non-hydrogen) atoms. The molecule has 1 unspecified atom stereocenters. The minimum Gasteiger partial charge on any atom is -0.495 e. The molecule has 1 atom stereocenters. The molecule has 2 rings (SSSR count). The molecule has 0 radical (unpaired) electrons. The smallest absolute Gasteiger partial charge is 0.420 e. The fourth-order valence-corrected chi connectivity index (χ4v) is 4.39. The number of anilines is 2. The van der Waals surface area contributed by atoms with Gasteiger partial charge < -0.3 is 14.6 Å². The third kappa shape index (κ3) is 5.59. The van der Waals surface area contributed by atoms with Crippen molar-refractivity contribution in [2.24, 2.45) is 0 Å². The lowest BCUT2D eigenvalue weighted by Crippen LogP contribution is -2.09. The maximum Gasteiger partial charge on any atom is 0.420 e.